The Morgan fingerprint density at radius 2 is 1.93 bits per heavy atom. The Kier molecular flexibility index (Phi) is 8.74. The first-order valence-corrected chi connectivity index (χ1v) is 13.0. The second kappa shape index (κ2) is 11.7. The van der Waals surface area contributed by atoms with Crippen molar-refractivity contribution in [3.8, 4) is 17.0 Å². The van der Waals surface area contributed by atoms with Crippen LogP contribution in [0, 0.1) is 5.82 Å². The second-order valence-electron chi connectivity index (χ2n) is 10.4. The molecule has 0 bridgehead atoms. The minimum atomic E-state index is -5.61. The van der Waals surface area contributed by atoms with Crippen LogP contribution in [0.2, 0.25) is 0 Å². The highest BCUT2D eigenvalue weighted by Gasteiger charge is 2.58. The van der Waals surface area contributed by atoms with Crippen LogP contribution in [0.15, 0.2) is 36.5 Å². The topological polar surface area (TPSA) is 83.6 Å². The van der Waals surface area contributed by atoms with Gasteiger partial charge in [0.15, 0.2) is 0 Å². The molecule has 2 N–H and O–H groups in total. The van der Waals surface area contributed by atoms with E-state index in [-0.39, 0.29) is 24.5 Å². The number of hydrogen-bond donors (Lipinski definition) is 2. The highest BCUT2D eigenvalue weighted by molar-refractivity contribution is 6.07. The first-order chi connectivity index (χ1) is 18.8. The van der Waals surface area contributed by atoms with Crippen molar-refractivity contribution in [1.82, 2.24) is 20.5 Å². The van der Waals surface area contributed by atoms with Crippen molar-refractivity contribution >= 4 is 11.8 Å². The van der Waals surface area contributed by atoms with Crippen LogP contribution in [-0.2, 0) is 4.79 Å². The van der Waals surface area contributed by atoms with E-state index in [2.05, 4.69) is 15.6 Å². The van der Waals surface area contributed by atoms with Gasteiger partial charge in [-0.25, -0.2) is 4.39 Å². The van der Waals surface area contributed by atoms with Gasteiger partial charge in [-0.1, -0.05) is 12.5 Å². The fraction of sp³-hybridized carbons (Fsp3) is 0.519. The molecule has 218 valence electrons. The number of pyridine rings is 1. The van der Waals surface area contributed by atoms with E-state index in [0.29, 0.717) is 43.6 Å². The summed E-state index contributed by atoms with van der Waals surface area (Å²) in [4.78, 5) is 30.6. The Balaban J connectivity index is 1.36. The molecule has 2 saturated heterocycles. The van der Waals surface area contributed by atoms with Gasteiger partial charge in [-0.3, -0.25) is 24.8 Å². The summed E-state index contributed by atoms with van der Waals surface area (Å²) in [6, 6.07) is 5.88. The van der Waals surface area contributed by atoms with Crippen molar-refractivity contribution < 1.29 is 40.7 Å². The third-order valence-corrected chi connectivity index (χ3v) is 7.40. The number of alkyl halides is 5. The molecule has 0 aliphatic carbocycles. The summed E-state index contributed by atoms with van der Waals surface area (Å²) in [6.45, 7) is 2.46. The van der Waals surface area contributed by atoms with Crippen LogP contribution >= 0.6 is 0 Å². The monoisotopic (exact) mass is 572 g/mol. The van der Waals surface area contributed by atoms with E-state index in [1.165, 1.54) is 35.4 Å². The Bertz CT molecular complexity index is 1220. The minimum Gasteiger partial charge on any atom is -0.477 e. The number of halogens is 6. The highest BCUT2D eigenvalue weighted by atomic mass is 19.4. The lowest BCUT2D eigenvalue weighted by molar-refractivity contribution is -0.289. The summed E-state index contributed by atoms with van der Waals surface area (Å²) >= 11 is 0. The number of nitrogens with zero attached hydrogens (tertiary/aromatic N) is 2. The second-order valence-corrected chi connectivity index (χ2v) is 10.4. The maximum atomic E-state index is 14.8. The van der Waals surface area contributed by atoms with Crippen molar-refractivity contribution in [1.29, 1.82) is 0 Å². The summed E-state index contributed by atoms with van der Waals surface area (Å²) in [5, 5.41) is 5.27. The molecule has 7 nitrogen and oxygen atoms in total. The summed E-state index contributed by atoms with van der Waals surface area (Å²) in [5.41, 5.74) is -0.492. The Morgan fingerprint density at radius 1 is 1.15 bits per heavy atom. The number of imide groups is 1. The molecular weight excluding hydrogens is 542 g/mol. The number of amides is 2. The van der Waals surface area contributed by atoms with E-state index < -0.39 is 47.7 Å². The van der Waals surface area contributed by atoms with Crippen LogP contribution in [0.3, 0.4) is 0 Å². The van der Waals surface area contributed by atoms with E-state index >= 15 is 0 Å². The van der Waals surface area contributed by atoms with E-state index in [0.717, 1.165) is 12.5 Å². The number of aromatic nitrogens is 1. The van der Waals surface area contributed by atoms with Crippen molar-refractivity contribution in [2.24, 2.45) is 0 Å². The van der Waals surface area contributed by atoms with E-state index in [9.17, 15) is 35.9 Å². The van der Waals surface area contributed by atoms with E-state index in [1.807, 2.05) is 0 Å². The first-order valence-electron chi connectivity index (χ1n) is 13.0. The molecule has 2 aromatic rings. The standard InChI is InChI=1S/C27H30F6N4O3/c1-25(10-4-11-35-25)24(39)36-23(38)20-8-6-17(13-21(20)28)22-9-7-19(15-34-22)40-16-37-12-3-2-5-18(37)14-26(29,30)27(31,32)33/h6-9,13,15,18,35H,2-5,10-12,14,16H2,1H3,(H,36,38,39)/t18?,25-/m0/s1. The number of carbonyl (C=O) groups excluding carboxylic acids is 2. The van der Waals surface area contributed by atoms with Crippen LogP contribution in [-0.4, -0.2) is 65.2 Å². The fourth-order valence-electron chi connectivity index (χ4n) is 4.92. The molecule has 2 aliphatic heterocycles. The van der Waals surface area contributed by atoms with Crippen molar-refractivity contribution in [2.75, 3.05) is 19.8 Å². The van der Waals surface area contributed by atoms with Gasteiger partial charge in [-0.05, 0) is 63.4 Å². The quantitative estimate of drug-likeness (QED) is 0.340. The maximum Gasteiger partial charge on any atom is 0.453 e. The average molecular weight is 573 g/mol. The number of nitrogens with one attached hydrogen (secondary N) is 2. The molecule has 4 rings (SSSR count). The lowest BCUT2D eigenvalue weighted by atomic mass is 9.96. The van der Waals surface area contributed by atoms with Gasteiger partial charge in [0.05, 0.1) is 23.0 Å². The molecule has 0 spiro atoms. The van der Waals surface area contributed by atoms with Crippen LogP contribution in [0.4, 0.5) is 26.3 Å². The van der Waals surface area contributed by atoms with E-state index in [1.54, 1.807) is 6.92 Å². The number of carbonyl (C=O) groups is 2. The molecular formula is C27H30F6N4O3. The summed E-state index contributed by atoms with van der Waals surface area (Å²) in [6.07, 6.45) is -2.86. The van der Waals surface area contributed by atoms with Gasteiger partial charge in [0.25, 0.3) is 5.91 Å². The molecule has 13 heteroatoms. The third kappa shape index (κ3) is 6.74. The van der Waals surface area contributed by atoms with Gasteiger partial charge in [0.2, 0.25) is 5.91 Å². The van der Waals surface area contributed by atoms with Crippen LogP contribution in [0.1, 0.15) is 55.8 Å². The molecule has 40 heavy (non-hydrogen) atoms. The third-order valence-electron chi connectivity index (χ3n) is 7.40. The number of hydrogen-bond acceptors (Lipinski definition) is 6. The summed E-state index contributed by atoms with van der Waals surface area (Å²) in [7, 11) is 0. The van der Waals surface area contributed by atoms with Gasteiger partial charge in [0, 0.05) is 24.6 Å². The fourth-order valence-corrected chi connectivity index (χ4v) is 4.92. The van der Waals surface area contributed by atoms with Crippen LogP contribution in [0.25, 0.3) is 11.3 Å². The molecule has 1 unspecified atom stereocenters. The smallest absolute Gasteiger partial charge is 0.453 e. The Morgan fingerprint density at radius 3 is 2.55 bits per heavy atom. The maximum absolute atomic E-state index is 14.8. The molecule has 2 atom stereocenters. The number of ether oxygens (including phenoxy) is 1. The Labute approximate surface area is 227 Å². The van der Waals surface area contributed by atoms with Gasteiger partial charge in [-0.15, -0.1) is 0 Å². The lowest BCUT2D eigenvalue weighted by Gasteiger charge is -2.37. The van der Waals surface area contributed by atoms with Gasteiger partial charge < -0.3 is 10.1 Å². The average Bonchev–Trinajstić information content (AvgIpc) is 3.35. The zero-order valence-corrected chi connectivity index (χ0v) is 21.8. The predicted octanol–water partition coefficient (Wildman–Crippen LogP) is 5.06. The van der Waals surface area contributed by atoms with Gasteiger partial charge >= 0.3 is 12.1 Å². The van der Waals surface area contributed by atoms with Gasteiger partial charge in [-0.2, -0.15) is 22.0 Å². The first kappa shape index (κ1) is 29.8. The van der Waals surface area contributed by atoms with Crippen LogP contribution in [0.5, 0.6) is 5.75 Å². The van der Waals surface area contributed by atoms with Crippen molar-refractivity contribution in [2.45, 2.75) is 69.1 Å². The molecule has 2 aliphatic rings. The number of rotatable bonds is 8. The molecule has 1 aromatic heterocycles. The summed E-state index contributed by atoms with van der Waals surface area (Å²) in [5.74, 6) is -6.77. The highest BCUT2D eigenvalue weighted by Crippen LogP contribution is 2.41. The SMILES string of the molecule is C[C@@]1(C(=O)NC(=O)c2ccc(-c3ccc(OCN4CCCCC4CC(F)(F)C(F)(F)F)cn3)cc2F)CCCN1. The Hall–Kier alpha value is -3.19. The molecule has 0 saturated carbocycles. The van der Waals surface area contributed by atoms with Crippen LogP contribution < -0.4 is 15.4 Å². The number of benzene rings is 1. The number of piperidine rings is 1. The zero-order valence-electron chi connectivity index (χ0n) is 21.8. The van der Waals surface area contributed by atoms with Crippen molar-refractivity contribution in [3.63, 3.8) is 0 Å². The minimum absolute atomic E-state index is 0.189. The normalized spacial score (nSPS) is 22.2. The van der Waals surface area contributed by atoms with E-state index in [4.69, 9.17) is 4.74 Å². The zero-order chi connectivity index (χ0) is 29.1. The number of likely N-dealkylation sites (tertiary alicyclic amines) is 1. The molecule has 0 radical (unpaired) electrons. The van der Waals surface area contributed by atoms with Gasteiger partial charge in [0.1, 0.15) is 18.3 Å². The van der Waals surface area contributed by atoms with Crippen molar-refractivity contribution in [3.05, 3.63) is 47.9 Å². The molecule has 3 heterocycles. The molecule has 2 fully saturated rings. The summed E-state index contributed by atoms with van der Waals surface area (Å²) < 4.78 is 85.7. The largest absolute Gasteiger partial charge is 0.477 e. The lowest BCUT2D eigenvalue weighted by Crippen LogP contribution is -2.52. The molecule has 2 amide bonds. The molecule has 1 aromatic carbocycles. The predicted molar refractivity (Wildman–Crippen MR) is 133 cm³/mol.